The third-order valence-corrected chi connectivity index (χ3v) is 4.09. The first kappa shape index (κ1) is 14.2. The van der Waals surface area contributed by atoms with Gasteiger partial charge in [0.15, 0.2) is 0 Å². The predicted molar refractivity (Wildman–Crippen MR) is 81.3 cm³/mol. The molecule has 0 aromatic carbocycles. The van der Waals surface area contributed by atoms with Gasteiger partial charge in [-0.25, -0.2) is 4.98 Å². The van der Waals surface area contributed by atoms with Crippen LogP contribution in [0.5, 0.6) is 0 Å². The number of aliphatic hydroxyl groups is 1. The molecule has 1 aliphatic carbocycles. The third-order valence-electron chi connectivity index (χ3n) is 4.09. The van der Waals surface area contributed by atoms with E-state index in [0.29, 0.717) is 18.1 Å². The fourth-order valence-electron chi connectivity index (χ4n) is 2.97. The van der Waals surface area contributed by atoms with E-state index in [-0.39, 0.29) is 11.7 Å². The monoisotopic (exact) mass is 287 g/mol. The van der Waals surface area contributed by atoms with E-state index in [9.17, 15) is 9.90 Å². The third kappa shape index (κ3) is 3.14. The van der Waals surface area contributed by atoms with Crippen molar-refractivity contribution >= 4 is 5.65 Å². The molecule has 0 amide bonds. The largest absolute Gasteiger partial charge is 0.393 e. The lowest BCUT2D eigenvalue weighted by molar-refractivity contribution is 0.0272. The first-order valence-electron chi connectivity index (χ1n) is 7.37. The van der Waals surface area contributed by atoms with Gasteiger partial charge >= 0.3 is 0 Å². The van der Waals surface area contributed by atoms with Gasteiger partial charge in [-0.2, -0.15) is 0 Å². The van der Waals surface area contributed by atoms with Crippen molar-refractivity contribution in [3.8, 4) is 0 Å². The van der Waals surface area contributed by atoms with E-state index in [4.69, 9.17) is 0 Å². The van der Waals surface area contributed by atoms with Crippen molar-refractivity contribution in [2.75, 3.05) is 13.6 Å². The first-order valence-corrected chi connectivity index (χ1v) is 7.37. The zero-order chi connectivity index (χ0) is 15.0. The number of hydrogen-bond donors (Lipinski definition) is 1. The van der Waals surface area contributed by atoms with Gasteiger partial charge in [-0.15, -0.1) is 0 Å². The van der Waals surface area contributed by atoms with E-state index >= 15 is 0 Å². The molecule has 0 spiro atoms. The Morgan fingerprint density at radius 2 is 2.19 bits per heavy atom. The first-order chi connectivity index (χ1) is 10.0. The molecule has 5 nitrogen and oxygen atoms in total. The maximum absolute atomic E-state index is 12.1. The molecule has 1 saturated carbocycles. The fourth-order valence-corrected chi connectivity index (χ4v) is 2.97. The predicted octanol–water partition coefficient (Wildman–Crippen LogP) is 1.21. The number of fused-ring (bicyclic) bond motifs is 1. The molecule has 0 unspecified atom stereocenters. The van der Waals surface area contributed by atoms with Gasteiger partial charge in [-0.05, 0) is 50.4 Å². The molecule has 1 N–H and O–H groups in total. The van der Waals surface area contributed by atoms with E-state index in [1.54, 1.807) is 16.7 Å². The number of aromatic nitrogens is 2. The summed E-state index contributed by atoms with van der Waals surface area (Å²) in [5, 5.41) is 9.33. The molecule has 0 atom stereocenters. The Hall–Kier alpha value is -1.72. The minimum Gasteiger partial charge on any atom is -0.393 e. The lowest BCUT2D eigenvalue weighted by Crippen LogP contribution is -2.37. The van der Waals surface area contributed by atoms with Gasteiger partial charge in [-0.1, -0.05) is 0 Å². The Balaban J connectivity index is 1.76. The zero-order valence-electron chi connectivity index (χ0n) is 12.5. The van der Waals surface area contributed by atoms with E-state index in [1.165, 1.54) is 0 Å². The molecule has 2 heterocycles. The highest BCUT2D eigenvalue weighted by Gasteiger charge is 2.27. The van der Waals surface area contributed by atoms with Gasteiger partial charge < -0.3 is 10.0 Å². The number of aryl methyl sites for hydroxylation is 1. The van der Waals surface area contributed by atoms with Crippen LogP contribution in [0.3, 0.4) is 0 Å². The molecular weight excluding hydrogens is 266 g/mol. The van der Waals surface area contributed by atoms with Crippen LogP contribution < -0.4 is 5.56 Å². The van der Waals surface area contributed by atoms with Crippen LogP contribution in [0.4, 0.5) is 0 Å². The quantitative estimate of drug-likeness (QED) is 0.918. The second kappa shape index (κ2) is 5.58. The van der Waals surface area contributed by atoms with Crippen molar-refractivity contribution in [2.24, 2.45) is 5.92 Å². The summed E-state index contributed by atoms with van der Waals surface area (Å²) in [5.41, 5.74) is 2.55. The van der Waals surface area contributed by atoms with Crippen LogP contribution in [0.2, 0.25) is 0 Å². The van der Waals surface area contributed by atoms with Crippen molar-refractivity contribution in [1.82, 2.24) is 14.3 Å². The maximum Gasteiger partial charge on any atom is 0.258 e. The number of nitrogens with zero attached hydrogens (tertiary/aromatic N) is 3. The van der Waals surface area contributed by atoms with Crippen LogP contribution in [-0.2, 0) is 6.54 Å². The minimum atomic E-state index is -0.116. The molecule has 1 aliphatic rings. The highest BCUT2D eigenvalue weighted by atomic mass is 16.3. The van der Waals surface area contributed by atoms with E-state index in [2.05, 4.69) is 9.88 Å². The van der Waals surface area contributed by atoms with Gasteiger partial charge in [0.25, 0.3) is 5.56 Å². The van der Waals surface area contributed by atoms with Crippen LogP contribution >= 0.6 is 0 Å². The molecule has 112 valence electrons. The summed E-state index contributed by atoms with van der Waals surface area (Å²) in [6, 6.07) is 5.44. The Morgan fingerprint density at radius 1 is 1.43 bits per heavy atom. The topological polar surface area (TPSA) is 57.8 Å². The molecular formula is C16H21N3O2. The summed E-state index contributed by atoms with van der Waals surface area (Å²) >= 11 is 0. The number of rotatable bonds is 4. The van der Waals surface area contributed by atoms with Crippen molar-refractivity contribution < 1.29 is 5.11 Å². The molecule has 21 heavy (non-hydrogen) atoms. The maximum atomic E-state index is 12.1. The van der Waals surface area contributed by atoms with Gasteiger partial charge in [0, 0.05) is 25.4 Å². The average molecular weight is 287 g/mol. The molecule has 2 aromatic heterocycles. The summed E-state index contributed by atoms with van der Waals surface area (Å²) in [5.74, 6) is 0.564. The molecule has 0 saturated heterocycles. The molecule has 0 radical (unpaired) electrons. The van der Waals surface area contributed by atoms with Crippen LogP contribution in [0, 0.1) is 12.8 Å². The molecule has 0 aliphatic heterocycles. The summed E-state index contributed by atoms with van der Waals surface area (Å²) in [4.78, 5) is 18.8. The molecule has 2 aromatic rings. The van der Waals surface area contributed by atoms with E-state index < -0.39 is 0 Å². The Bertz CT molecular complexity index is 704. The summed E-state index contributed by atoms with van der Waals surface area (Å²) in [7, 11) is 2.03. The lowest BCUT2D eigenvalue weighted by atomic mass is 9.82. The van der Waals surface area contributed by atoms with Gasteiger partial charge in [-0.3, -0.25) is 9.20 Å². The molecule has 5 heteroatoms. The Morgan fingerprint density at radius 3 is 2.90 bits per heavy atom. The molecule has 1 fully saturated rings. The standard InChI is InChI=1S/C16H21N3O2/c1-11-3-4-19-15(5-11)17-13(8-16(19)21)10-18(2)9-12-6-14(20)7-12/h3-5,8,12,14,20H,6-7,9-10H2,1-2H3. The van der Waals surface area contributed by atoms with Gasteiger partial charge in [0.2, 0.25) is 0 Å². The van der Waals surface area contributed by atoms with Gasteiger partial charge in [0.1, 0.15) is 5.65 Å². The second-order valence-corrected chi connectivity index (χ2v) is 6.21. The average Bonchev–Trinajstić information content (AvgIpc) is 2.36. The number of hydrogen-bond acceptors (Lipinski definition) is 4. The van der Waals surface area contributed by atoms with E-state index in [1.807, 2.05) is 26.1 Å². The Kier molecular flexibility index (Phi) is 3.78. The number of pyridine rings is 1. The minimum absolute atomic E-state index is 0.0394. The molecule has 0 bridgehead atoms. The van der Waals surface area contributed by atoms with Crippen LogP contribution in [0.1, 0.15) is 24.1 Å². The SMILES string of the molecule is Cc1ccn2c(=O)cc(CN(C)CC3CC(O)C3)nc2c1. The van der Waals surface area contributed by atoms with Crippen molar-refractivity contribution in [3.05, 3.63) is 46.0 Å². The van der Waals surface area contributed by atoms with Crippen LogP contribution in [0.25, 0.3) is 5.65 Å². The fraction of sp³-hybridized carbons (Fsp3) is 0.500. The highest BCUT2D eigenvalue weighted by Crippen LogP contribution is 2.27. The van der Waals surface area contributed by atoms with E-state index in [0.717, 1.165) is 30.6 Å². The summed E-state index contributed by atoms with van der Waals surface area (Å²) < 4.78 is 1.57. The van der Waals surface area contributed by atoms with Crippen LogP contribution in [-0.4, -0.2) is 39.1 Å². The summed E-state index contributed by atoms with van der Waals surface area (Å²) in [6.45, 7) is 3.59. The zero-order valence-corrected chi connectivity index (χ0v) is 12.5. The molecule has 3 rings (SSSR count). The summed E-state index contributed by atoms with van der Waals surface area (Å²) in [6.07, 6.45) is 3.42. The van der Waals surface area contributed by atoms with Crippen LogP contribution in [0.15, 0.2) is 29.2 Å². The van der Waals surface area contributed by atoms with Crippen molar-refractivity contribution in [1.29, 1.82) is 0 Å². The number of aliphatic hydroxyl groups excluding tert-OH is 1. The second-order valence-electron chi connectivity index (χ2n) is 6.21. The smallest absolute Gasteiger partial charge is 0.258 e. The normalized spacial score (nSPS) is 21.7. The lowest BCUT2D eigenvalue weighted by Gasteiger charge is -2.34. The van der Waals surface area contributed by atoms with Crippen molar-refractivity contribution in [2.45, 2.75) is 32.4 Å². The highest BCUT2D eigenvalue weighted by molar-refractivity contribution is 5.41. The Labute approximate surface area is 123 Å². The van der Waals surface area contributed by atoms with Gasteiger partial charge in [0.05, 0.1) is 11.8 Å². The van der Waals surface area contributed by atoms with Crippen molar-refractivity contribution in [3.63, 3.8) is 0 Å².